The van der Waals surface area contributed by atoms with E-state index in [4.69, 9.17) is 19.4 Å². The number of hydrogen-bond donors (Lipinski definition) is 0. The van der Waals surface area contributed by atoms with Crippen LogP contribution in [0.4, 0.5) is 0 Å². The van der Waals surface area contributed by atoms with E-state index in [1.54, 1.807) is 0 Å². The second-order valence-electron chi connectivity index (χ2n) is 12.8. The monoisotopic (exact) mass is 651 g/mol. The van der Waals surface area contributed by atoms with E-state index in [9.17, 15) is 0 Å². The van der Waals surface area contributed by atoms with Crippen molar-refractivity contribution in [3.05, 3.63) is 176 Å². The summed E-state index contributed by atoms with van der Waals surface area (Å²) in [5.41, 5.74) is 9.17. The van der Waals surface area contributed by atoms with Crippen molar-refractivity contribution in [2.24, 2.45) is 0 Å². The largest absolute Gasteiger partial charge is 0.456 e. The minimum atomic E-state index is 0.621. The van der Waals surface area contributed by atoms with E-state index in [2.05, 4.69) is 152 Å². The Balaban J connectivity index is 1.18. The van der Waals surface area contributed by atoms with Gasteiger partial charge < -0.3 is 4.42 Å². The van der Waals surface area contributed by atoms with Crippen LogP contribution < -0.4 is 0 Å². The predicted octanol–water partition coefficient (Wildman–Crippen LogP) is 12.4. The molecule has 8 aromatic carbocycles. The molecule has 0 atom stereocenters. The smallest absolute Gasteiger partial charge is 0.164 e. The summed E-state index contributed by atoms with van der Waals surface area (Å²) in [6, 6.07) is 61.1. The van der Waals surface area contributed by atoms with Gasteiger partial charge >= 0.3 is 0 Å². The Labute approximate surface area is 294 Å². The highest BCUT2D eigenvalue weighted by atomic mass is 16.3. The van der Waals surface area contributed by atoms with Crippen molar-refractivity contribution in [2.45, 2.75) is 0 Å². The van der Waals surface area contributed by atoms with Crippen LogP contribution in [0.15, 0.2) is 180 Å². The average Bonchev–Trinajstić information content (AvgIpc) is 3.57. The van der Waals surface area contributed by atoms with E-state index in [0.717, 1.165) is 71.3 Å². The van der Waals surface area contributed by atoms with Gasteiger partial charge in [-0.25, -0.2) is 15.0 Å². The van der Waals surface area contributed by atoms with Gasteiger partial charge in [-0.2, -0.15) is 0 Å². The van der Waals surface area contributed by atoms with Gasteiger partial charge in [-0.1, -0.05) is 146 Å². The first-order valence-corrected chi connectivity index (χ1v) is 17.1. The zero-order chi connectivity index (χ0) is 33.7. The first kappa shape index (κ1) is 29.0. The molecule has 0 fully saturated rings. The van der Waals surface area contributed by atoms with Crippen molar-refractivity contribution < 1.29 is 4.42 Å². The van der Waals surface area contributed by atoms with Crippen LogP contribution in [-0.4, -0.2) is 15.0 Å². The molecule has 51 heavy (non-hydrogen) atoms. The van der Waals surface area contributed by atoms with Crippen molar-refractivity contribution in [1.29, 1.82) is 0 Å². The number of furan rings is 1. The third kappa shape index (κ3) is 5.13. The van der Waals surface area contributed by atoms with Gasteiger partial charge in [-0.05, 0) is 74.1 Å². The molecule has 238 valence electrons. The van der Waals surface area contributed by atoms with Crippen molar-refractivity contribution in [3.63, 3.8) is 0 Å². The molecular formula is C47H29N3O. The lowest BCUT2D eigenvalue weighted by Gasteiger charge is -2.13. The zero-order valence-corrected chi connectivity index (χ0v) is 27.5. The molecule has 0 bridgehead atoms. The third-order valence-electron chi connectivity index (χ3n) is 9.71. The summed E-state index contributed by atoms with van der Waals surface area (Å²) >= 11 is 0. The number of rotatable bonds is 5. The lowest BCUT2D eigenvalue weighted by Crippen LogP contribution is -2.01. The Morgan fingerprint density at radius 2 is 0.882 bits per heavy atom. The Hall–Kier alpha value is -6.91. The van der Waals surface area contributed by atoms with Crippen LogP contribution in [0.1, 0.15) is 0 Å². The average molecular weight is 652 g/mol. The van der Waals surface area contributed by atoms with Crippen molar-refractivity contribution in [1.82, 2.24) is 15.0 Å². The number of aromatic nitrogens is 3. The van der Waals surface area contributed by atoms with Gasteiger partial charge in [0, 0.05) is 27.5 Å². The molecule has 0 N–H and O–H groups in total. The van der Waals surface area contributed by atoms with Crippen molar-refractivity contribution >= 4 is 43.5 Å². The highest BCUT2D eigenvalue weighted by Crippen LogP contribution is 2.37. The maximum absolute atomic E-state index is 6.19. The van der Waals surface area contributed by atoms with E-state index in [0.29, 0.717) is 17.5 Å². The summed E-state index contributed by atoms with van der Waals surface area (Å²) in [6.07, 6.45) is 0. The number of hydrogen-bond acceptors (Lipinski definition) is 4. The molecule has 4 heteroatoms. The predicted molar refractivity (Wildman–Crippen MR) is 209 cm³/mol. The second kappa shape index (κ2) is 11.9. The Kier molecular flexibility index (Phi) is 6.78. The summed E-state index contributed by atoms with van der Waals surface area (Å²) in [4.78, 5) is 15.5. The molecule has 0 aliphatic carbocycles. The van der Waals surface area contributed by atoms with Crippen molar-refractivity contribution in [2.75, 3.05) is 0 Å². The molecule has 10 aromatic rings. The summed E-state index contributed by atoms with van der Waals surface area (Å²) in [5.74, 6) is 1.88. The van der Waals surface area contributed by atoms with Crippen LogP contribution in [0.25, 0.3) is 99.9 Å². The maximum Gasteiger partial charge on any atom is 0.164 e. The van der Waals surface area contributed by atoms with Crippen LogP contribution in [-0.2, 0) is 0 Å². The molecule has 0 aliphatic heterocycles. The van der Waals surface area contributed by atoms with Gasteiger partial charge in [0.15, 0.2) is 17.5 Å². The Morgan fingerprint density at radius 1 is 0.294 bits per heavy atom. The molecule has 4 nitrogen and oxygen atoms in total. The van der Waals surface area contributed by atoms with Crippen LogP contribution in [0, 0.1) is 0 Å². The highest BCUT2D eigenvalue weighted by molar-refractivity contribution is 6.10. The van der Waals surface area contributed by atoms with Gasteiger partial charge in [0.1, 0.15) is 11.2 Å². The van der Waals surface area contributed by atoms with E-state index in [-0.39, 0.29) is 0 Å². The van der Waals surface area contributed by atoms with Gasteiger partial charge in [0.05, 0.1) is 0 Å². The van der Waals surface area contributed by atoms with E-state index in [1.807, 2.05) is 24.3 Å². The summed E-state index contributed by atoms with van der Waals surface area (Å²) < 4.78 is 6.19. The molecule has 10 rings (SSSR count). The molecule has 0 unspecified atom stereocenters. The fourth-order valence-corrected chi connectivity index (χ4v) is 7.20. The van der Waals surface area contributed by atoms with Crippen molar-refractivity contribution in [3.8, 4) is 56.4 Å². The number of fused-ring (bicyclic) bond motifs is 5. The molecule has 0 radical (unpaired) electrons. The van der Waals surface area contributed by atoms with Gasteiger partial charge in [-0.15, -0.1) is 0 Å². The minimum absolute atomic E-state index is 0.621. The van der Waals surface area contributed by atoms with Crippen LogP contribution in [0.2, 0.25) is 0 Å². The maximum atomic E-state index is 6.19. The molecule has 0 saturated carbocycles. The van der Waals surface area contributed by atoms with E-state index >= 15 is 0 Å². The van der Waals surface area contributed by atoms with Crippen LogP contribution >= 0.6 is 0 Å². The molecule has 2 aromatic heterocycles. The summed E-state index contributed by atoms with van der Waals surface area (Å²) in [7, 11) is 0. The molecular weight excluding hydrogens is 623 g/mol. The first-order chi connectivity index (χ1) is 25.2. The lowest BCUT2D eigenvalue weighted by atomic mass is 9.95. The first-order valence-electron chi connectivity index (χ1n) is 17.1. The molecule has 0 spiro atoms. The SMILES string of the molecule is c1ccc(-c2cccc(-c3nc(-c4ccc5cc6oc7ccccc7c6cc5c4)nc(-c4cccc5c(-c6ccccc6)cccc45)n3)c2)cc1. The zero-order valence-electron chi connectivity index (χ0n) is 27.5. The lowest BCUT2D eigenvalue weighted by molar-refractivity contribution is 0.669. The molecule has 0 saturated heterocycles. The topological polar surface area (TPSA) is 51.8 Å². The summed E-state index contributed by atoms with van der Waals surface area (Å²) in [5, 5.41) is 6.63. The quantitative estimate of drug-likeness (QED) is 0.186. The fourth-order valence-electron chi connectivity index (χ4n) is 7.20. The Bertz CT molecular complexity index is 2910. The fraction of sp³-hybridized carbons (Fsp3) is 0. The number of benzene rings is 8. The highest BCUT2D eigenvalue weighted by Gasteiger charge is 2.17. The molecule has 0 amide bonds. The van der Waals surface area contributed by atoms with Gasteiger partial charge in [0.2, 0.25) is 0 Å². The number of nitrogens with zero attached hydrogens (tertiary/aromatic N) is 3. The second-order valence-corrected chi connectivity index (χ2v) is 12.8. The number of para-hydroxylation sites is 1. The summed E-state index contributed by atoms with van der Waals surface area (Å²) in [6.45, 7) is 0. The van der Waals surface area contributed by atoms with Gasteiger partial charge in [0.25, 0.3) is 0 Å². The van der Waals surface area contributed by atoms with Crippen LogP contribution in [0.3, 0.4) is 0 Å². The normalized spacial score (nSPS) is 11.5. The molecule has 0 aliphatic rings. The van der Waals surface area contributed by atoms with Crippen LogP contribution in [0.5, 0.6) is 0 Å². The Morgan fingerprint density at radius 3 is 1.69 bits per heavy atom. The van der Waals surface area contributed by atoms with E-state index in [1.165, 1.54) is 11.1 Å². The third-order valence-corrected chi connectivity index (χ3v) is 9.71. The molecule has 2 heterocycles. The van der Waals surface area contributed by atoms with Gasteiger partial charge in [-0.3, -0.25) is 0 Å². The standard InChI is InChI=1S/C47H29N3O/c1-3-12-30(13-4-1)32-16-9-17-34(26-32)45-48-46(35-25-24-33-29-44-42(28-36(33)27-35)40-18-7-8-23-43(40)51-44)50-47(49-45)41-22-11-20-38-37(19-10-21-39(38)41)31-14-5-2-6-15-31/h1-29H. The van der Waals surface area contributed by atoms with E-state index < -0.39 is 0 Å². The minimum Gasteiger partial charge on any atom is -0.456 e.